The first-order valence-corrected chi connectivity index (χ1v) is 11.0. The van der Waals surface area contributed by atoms with Crippen molar-refractivity contribution in [3.8, 4) is 17.2 Å². The number of nitro benzene ring substituents is 1. The second-order valence-corrected chi connectivity index (χ2v) is 8.25. The zero-order valence-corrected chi connectivity index (χ0v) is 19.3. The highest BCUT2D eigenvalue weighted by Gasteiger charge is 2.27. The second kappa shape index (κ2) is 10.8. The molecule has 0 aromatic heterocycles. The van der Waals surface area contributed by atoms with E-state index in [2.05, 4.69) is 10.5 Å². The molecule has 11 nitrogen and oxygen atoms in total. The fourth-order valence-electron chi connectivity index (χ4n) is 2.96. The van der Waals surface area contributed by atoms with Gasteiger partial charge in [-0.1, -0.05) is 13.8 Å². The van der Waals surface area contributed by atoms with Gasteiger partial charge >= 0.3 is 0 Å². The van der Waals surface area contributed by atoms with E-state index in [9.17, 15) is 18.5 Å². The van der Waals surface area contributed by atoms with E-state index < -0.39 is 14.9 Å². The second-order valence-electron chi connectivity index (χ2n) is 6.34. The average molecular weight is 467 g/mol. The predicted octanol–water partition coefficient (Wildman–Crippen LogP) is 3.10. The first-order valence-electron chi connectivity index (χ1n) is 9.61. The Hall–Kier alpha value is -3.38. The van der Waals surface area contributed by atoms with Crippen LogP contribution >= 0.6 is 0 Å². The number of rotatable bonds is 11. The van der Waals surface area contributed by atoms with E-state index in [-0.39, 0.29) is 29.4 Å². The number of sulfonamides is 1. The minimum atomic E-state index is -3.99. The minimum Gasteiger partial charge on any atom is -0.496 e. The Balaban J connectivity index is 2.51. The minimum absolute atomic E-state index is 0.0881. The molecule has 1 N–H and O–H groups in total. The summed E-state index contributed by atoms with van der Waals surface area (Å²) in [7, 11) is 0.471. The van der Waals surface area contributed by atoms with Gasteiger partial charge < -0.3 is 14.2 Å². The SMILES string of the molecule is CCN(CC)S(=O)(=O)c1cc([N+](=O)[O-])ccc1N/N=C/c1c(OC)cc(OC)cc1OC. The van der Waals surface area contributed by atoms with Crippen LogP contribution in [0.15, 0.2) is 40.3 Å². The summed E-state index contributed by atoms with van der Waals surface area (Å²) in [6, 6.07) is 6.81. The third-order valence-electron chi connectivity index (χ3n) is 4.63. The lowest BCUT2D eigenvalue weighted by Crippen LogP contribution is -2.31. The van der Waals surface area contributed by atoms with Gasteiger partial charge in [-0.25, -0.2) is 8.42 Å². The Morgan fingerprint density at radius 2 is 1.66 bits per heavy atom. The normalized spacial score (nSPS) is 11.6. The Kier molecular flexibility index (Phi) is 8.38. The molecule has 0 unspecified atom stereocenters. The van der Waals surface area contributed by atoms with Gasteiger partial charge in [0.2, 0.25) is 10.0 Å². The Labute approximate surface area is 186 Å². The number of nitrogens with zero attached hydrogens (tertiary/aromatic N) is 3. The molecule has 32 heavy (non-hydrogen) atoms. The largest absolute Gasteiger partial charge is 0.496 e. The van der Waals surface area contributed by atoms with E-state index in [1.54, 1.807) is 26.0 Å². The van der Waals surface area contributed by atoms with E-state index in [1.807, 2.05) is 0 Å². The number of benzene rings is 2. The molecule has 0 radical (unpaired) electrons. The molecular formula is C20H26N4O7S. The number of non-ortho nitro benzene ring substituents is 1. The summed E-state index contributed by atoms with van der Waals surface area (Å²) < 4.78 is 43.2. The maximum Gasteiger partial charge on any atom is 0.270 e. The van der Waals surface area contributed by atoms with Gasteiger partial charge in [0.1, 0.15) is 22.1 Å². The Morgan fingerprint density at radius 1 is 1.06 bits per heavy atom. The quantitative estimate of drug-likeness (QED) is 0.303. The van der Waals surface area contributed by atoms with Crippen LogP contribution in [0.1, 0.15) is 19.4 Å². The molecule has 0 spiro atoms. The van der Waals surface area contributed by atoms with E-state index >= 15 is 0 Å². The predicted molar refractivity (Wildman–Crippen MR) is 121 cm³/mol. The van der Waals surface area contributed by atoms with Crippen LogP contribution < -0.4 is 19.6 Å². The van der Waals surface area contributed by atoms with Crippen LogP contribution in [0.3, 0.4) is 0 Å². The molecule has 0 aliphatic rings. The summed E-state index contributed by atoms with van der Waals surface area (Å²) in [6.45, 7) is 3.80. The number of methoxy groups -OCH3 is 3. The summed E-state index contributed by atoms with van der Waals surface area (Å²) in [6.07, 6.45) is 1.40. The van der Waals surface area contributed by atoms with Gasteiger partial charge in [0.15, 0.2) is 0 Å². The first-order chi connectivity index (χ1) is 15.2. The molecule has 0 aliphatic heterocycles. The van der Waals surface area contributed by atoms with Crippen molar-refractivity contribution in [2.24, 2.45) is 5.10 Å². The zero-order valence-electron chi connectivity index (χ0n) is 18.5. The lowest BCUT2D eigenvalue weighted by atomic mass is 10.2. The lowest BCUT2D eigenvalue weighted by Gasteiger charge is -2.20. The molecule has 0 saturated carbocycles. The fraction of sp³-hybridized carbons (Fsp3) is 0.350. The Bertz CT molecular complexity index is 1070. The van der Waals surface area contributed by atoms with Gasteiger partial charge in [0.25, 0.3) is 5.69 Å². The van der Waals surface area contributed by atoms with Crippen molar-refractivity contribution < 1.29 is 27.6 Å². The van der Waals surface area contributed by atoms with Gasteiger partial charge in [0.05, 0.1) is 43.7 Å². The smallest absolute Gasteiger partial charge is 0.270 e. The van der Waals surface area contributed by atoms with Crippen molar-refractivity contribution in [1.29, 1.82) is 0 Å². The molecule has 12 heteroatoms. The van der Waals surface area contributed by atoms with Crippen LogP contribution in [0, 0.1) is 10.1 Å². The number of anilines is 1. The highest BCUT2D eigenvalue weighted by molar-refractivity contribution is 7.89. The van der Waals surface area contributed by atoms with Gasteiger partial charge in [-0.05, 0) is 6.07 Å². The molecule has 0 atom stereocenters. The molecule has 2 rings (SSSR count). The molecule has 0 aliphatic carbocycles. The number of hydrogen-bond acceptors (Lipinski definition) is 9. The molecule has 174 valence electrons. The van der Waals surface area contributed by atoms with Crippen molar-refractivity contribution >= 4 is 27.6 Å². The summed E-state index contributed by atoms with van der Waals surface area (Å²) >= 11 is 0. The van der Waals surface area contributed by atoms with E-state index in [4.69, 9.17) is 14.2 Å². The van der Waals surface area contributed by atoms with Crippen molar-refractivity contribution in [3.63, 3.8) is 0 Å². The van der Waals surface area contributed by atoms with Crippen LogP contribution in [0.4, 0.5) is 11.4 Å². The summed E-state index contributed by atoms with van der Waals surface area (Å²) in [4.78, 5) is 10.3. The van der Waals surface area contributed by atoms with Crippen LogP contribution in [0.2, 0.25) is 0 Å². The summed E-state index contributed by atoms with van der Waals surface area (Å²) in [5, 5.41) is 15.3. The Morgan fingerprint density at radius 3 is 2.12 bits per heavy atom. The molecule has 2 aromatic rings. The molecule has 0 saturated heterocycles. The molecule has 0 fully saturated rings. The maximum absolute atomic E-state index is 13.1. The third-order valence-corrected chi connectivity index (χ3v) is 6.72. The average Bonchev–Trinajstić information content (AvgIpc) is 2.79. The van der Waals surface area contributed by atoms with Gasteiger partial charge in [-0.3, -0.25) is 15.5 Å². The van der Waals surface area contributed by atoms with Gasteiger partial charge in [0, 0.05) is 37.4 Å². The highest BCUT2D eigenvalue weighted by atomic mass is 32.2. The molecule has 0 amide bonds. The maximum atomic E-state index is 13.1. The summed E-state index contributed by atoms with van der Waals surface area (Å²) in [5.74, 6) is 1.37. The van der Waals surface area contributed by atoms with Gasteiger partial charge in [-0.15, -0.1) is 0 Å². The zero-order chi connectivity index (χ0) is 23.9. The van der Waals surface area contributed by atoms with Crippen LogP contribution in [0.5, 0.6) is 17.2 Å². The van der Waals surface area contributed by atoms with Gasteiger partial charge in [-0.2, -0.15) is 9.41 Å². The number of nitro groups is 1. The van der Waals surface area contributed by atoms with Crippen molar-refractivity contribution in [2.45, 2.75) is 18.7 Å². The molecular weight excluding hydrogens is 440 g/mol. The highest BCUT2D eigenvalue weighted by Crippen LogP contribution is 2.33. The number of nitrogens with one attached hydrogen (secondary N) is 1. The van der Waals surface area contributed by atoms with Crippen LogP contribution in [-0.4, -0.2) is 58.3 Å². The number of ether oxygens (including phenoxy) is 3. The summed E-state index contributed by atoms with van der Waals surface area (Å²) in [5.41, 5.74) is 2.90. The molecule has 0 heterocycles. The third kappa shape index (κ3) is 5.26. The van der Waals surface area contributed by atoms with Crippen LogP contribution in [0.25, 0.3) is 0 Å². The van der Waals surface area contributed by atoms with Crippen LogP contribution in [-0.2, 0) is 10.0 Å². The van der Waals surface area contributed by atoms with E-state index in [1.165, 1.54) is 44.0 Å². The standard InChI is InChI=1S/C20H26N4O7S/c1-6-23(7-2)32(27,28)20-10-14(24(25)26)8-9-17(20)22-21-13-16-18(30-4)11-15(29-3)12-19(16)31-5/h8-13,22H,6-7H2,1-5H3/b21-13+. The molecule has 0 bridgehead atoms. The van der Waals surface area contributed by atoms with E-state index in [0.29, 0.717) is 22.8 Å². The number of hydrogen-bond donors (Lipinski definition) is 1. The lowest BCUT2D eigenvalue weighted by molar-refractivity contribution is -0.385. The fourth-order valence-corrected chi connectivity index (χ4v) is 4.58. The van der Waals surface area contributed by atoms with Crippen molar-refractivity contribution in [3.05, 3.63) is 46.0 Å². The topological polar surface area (TPSA) is 133 Å². The monoisotopic (exact) mass is 466 g/mol. The molecule has 2 aromatic carbocycles. The first kappa shape index (κ1) is 24.9. The number of hydrazone groups is 1. The van der Waals surface area contributed by atoms with Crippen molar-refractivity contribution in [2.75, 3.05) is 39.8 Å². The van der Waals surface area contributed by atoms with Crippen molar-refractivity contribution in [1.82, 2.24) is 4.31 Å². The van der Waals surface area contributed by atoms with E-state index in [0.717, 1.165) is 6.07 Å².